The molecule has 2 nitrogen and oxygen atoms in total. The largest absolute Gasteiger partial charge is 0.345 e. The summed E-state index contributed by atoms with van der Waals surface area (Å²) in [6.45, 7) is 20.2. The number of rotatable bonds is 2. The van der Waals surface area contributed by atoms with Gasteiger partial charge in [0.15, 0.2) is 6.29 Å². The maximum Gasteiger partial charge on any atom is 0.184 e. The highest BCUT2D eigenvalue weighted by molar-refractivity contribution is 5.37. The standard InChI is InChI=1S/C22H36O2/c1-14-10-17(11-15(2)16(14)3)20-23-18(13-21(4,5)6)12-19(24-20)22(7,8)9/h10-11,18-20H,12-13H2,1-9H3. The third-order valence-corrected chi connectivity index (χ3v) is 5.11. The highest BCUT2D eigenvalue weighted by Crippen LogP contribution is 2.41. The summed E-state index contributed by atoms with van der Waals surface area (Å²) >= 11 is 0. The summed E-state index contributed by atoms with van der Waals surface area (Å²) in [5.74, 6) is 0. The van der Waals surface area contributed by atoms with Gasteiger partial charge < -0.3 is 9.47 Å². The number of hydrogen-bond donors (Lipinski definition) is 0. The molecule has 24 heavy (non-hydrogen) atoms. The van der Waals surface area contributed by atoms with E-state index in [0.29, 0.717) is 0 Å². The molecular weight excluding hydrogens is 296 g/mol. The van der Waals surface area contributed by atoms with E-state index in [-0.39, 0.29) is 29.3 Å². The fourth-order valence-corrected chi connectivity index (χ4v) is 3.44. The van der Waals surface area contributed by atoms with Crippen LogP contribution in [0.4, 0.5) is 0 Å². The maximum absolute atomic E-state index is 6.41. The molecule has 0 bridgehead atoms. The van der Waals surface area contributed by atoms with Crippen molar-refractivity contribution in [1.29, 1.82) is 0 Å². The molecule has 3 atom stereocenters. The van der Waals surface area contributed by atoms with Crippen LogP contribution in [0.2, 0.25) is 0 Å². The lowest BCUT2D eigenvalue weighted by molar-refractivity contribution is -0.270. The molecule has 2 heteroatoms. The van der Waals surface area contributed by atoms with E-state index in [2.05, 4.69) is 74.4 Å². The lowest BCUT2D eigenvalue weighted by atomic mass is 9.81. The molecule has 0 spiro atoms. The van der Waals surface area contributed by atoms with Crippen molar-refractivity contribution in [2.45, 2.75) is 93.7 Å². The zero-order chi connectivity index (χ0) is 18.3. The topological polar surface area (TPSA) is 18.5 Å². The van der Waals surface area contributed by atoms with Crippen LogP contribution in [0.1, 0.15) is 82.9 Å². The molecule has 0 radical (unpaired) electrons. The average Bonchev–Trinajstić information content (AvgIpc) is 2.41. The van der Waals surface area contributed by atoms with Gasteiger partial charge in [-0.05, 0) is 54.7 Å². The summed E-state index contributed by atoms with van der Waals surface area (Å²) in [6.07, 6.45) is 2.23. The Morgan fingerprint density at radius 3 is 1.92 bits per heavy atom. The number of hydrogen-bond acceptors (Lipinski definition) is 2. The Morgan fingerprint density at radius 2 is 1.46 bits per heavy atom. The van der Waals surface area contributed by atoms with E-state index < -0.39 is 0 Å². The van der Waals surface area contributed by atoms with Gasteiger partial charge in [-0.1, -0.05) is 53.7 Å². The second kappa shape index (κ2) is 6.80. The van der Waals surface area contributed by atoms with Crippen LogP contribution in [0.5, 0.6) is 0 Å². The van der Waals surface area contributed by atoms with Crippen LogP contribution in [-0.4, -0.2) is 12.2 Å². The Labute approximate surface area is 148 Å². The average molecular weight is 333 g/mol. The third kappa shape index (κ3) is 4.83. The summed E-state index contributed by atoms with van der Waals surface area (Å²) in [5, 5.41) is 0. The molecule has 1 aromatic carbocycles. The number of aryl methyl sites for hydroxylation is 2. The van der Waals surface area contributed by atoms with Gasteiger partial charge in [0.25, 0.3) is 0 Å². The zero-order valence-electron chi connectivity index (χ0n) is 17.1. The van der Waals surface area contributed by atoms with Crippen molar-refractivity contribution >= 4 is 0 Å². The van der Waals surface area contributed by atoms with Crippen LogP contribution in [0.15, 0.2) is 12.1 Å². The molecule has 1 aliphatic heterocycles. The minimum Gasteiger partial charge on any atom is -0.345 e. The second-order valence-corrected chi connectivity index (χ2v) is 9.86. The lowest BCUT2D eigenvalue weighted by Gasteiger charge is -2.43. The fourth-order valence-electron chi connectivity index (χ4n) is 3.44. The van der Waals surface area contributed by atoms with E-state index in [4.69, 9.17) is 9.47 Å². The summed E-state index contributed by atoms with van der Waals surface area (Å²) in [4.78, 5) is 0. The first-order valence-corrected chi connectivity index (χ1v) is 9.25. The number of benzene rings is 1. The van der Waals surface area contributed by atoms with Gasteiger partial charge in [0.05, 0.1) is 12.2 Å². The Hall–Kier alpha value is -0.860. The first kappa shape index (κ1) is 19.5. The highest BCUT2D eigenvalue weighted by atomic mass is 16.7. The van der Waals surface area contributed by atoms with Crippen molar-refractivity contribution in [3.8, 4) is 0 Å². The number of ether oxygens (including phenoxy) is 2. The summed E-state index contributed by atoms with van der Waals surface area (Å²) in [6, 6.07) is 4.46. The maximum atomic E-state index is 6.41. The van der Waals surface area contributed by atoms with Gasteiger partial charge in [0, 0.05) is 12.0 Å². The van der Waals surface area contributed by atoms with E-state index in [1.807, 2.05) is 0 Å². The lowest BCUT2D eigenvalue weighted by Crippen LogP contribution is -2.42. The molecule has 2 rings (SSSR count). The minimum atomic E-state index is -0.256. The van der Waals surface area contributed by atoms with E-state index in [0.717, 1.165) is 18.4 Å². The molecule has 1 aliphatic rings. The molecule has 1 heterocycles. The molecule has 0 amide bonds. The van der Waals surface area contributed by atoms with E-state index >= 15 is 0 Å². The Morgan fingerprint density at radius 1 is 0.917 bits per heavy atom. The van der Waals surface area contributed by atoms with Gasteiger partial charge in [0.1, 0.15) is 0 Å². The second-order valence-electron chi connectivity index (χ2n) is 9.86. The Balaban J connectivity index is 2.30. The molecule has 0 saturated carbocycles. The van der Waals surface area contributed by atoms with Gasteiger partial charge in [-0.3, -0.25) is 0 Å². The zero-order valence-corrected chi connectivity index (χ0v) is 17.1. The highest BCUT2D eigenvalue weighted by Gasteiger charge is 2.38. The van der Waals surface area contributed by atoms with Crippen LogP contribution >= 0.6 is 0 Å². The van der Waals surface area contributed by atoms with Gasteiger partial charge >= 0.3 is 0 Å². The summed E-state index contributed by atoms with van der Waals surface area (Å²) < 4.78 is 12.8. The van der Waals surface area contributed by atoms with Crippen molar-refractivity contribution in [1.82, 2.24) is 0 Å². The Bertz CT molecular complexity index is 552. The van der Waals surface area contributed by atoms with E-state index in [1.165, 1.54) is 16.7 Å². The smallest absolute Gasteiger partial charge is 0.184 e. The SMILES string of the molecule is Cc1cc(C2OC(CC(C)(C)C)CC(C(C)(C)C)O2)cc(C)c1C. The van der Waals surface area contributed by atoms with Crippen LogP contribution < -0.4 is 0 Å². The van der Waals surface area contributed by atoms with Crippen molar-refractivity contribution in [3.63, 3.8) is 0 Å². The molecule has 136 valence electrons. The predicted molar refractivity (Wildman–Crippen MR) is 101 cm³/mol. The summed E-state index contributed by atoms with van der Waals surface area (Å²) in [7, 11) is 0. The predicted octanol–water partition coefficient (Wildman–Crippen LogP) is 6.27. The van der Waals surface area contributed by atoms with Gasteiger partial charge in [-0.15, -0.1) is 0 Å². The molecule has 1 aromatic rings. The third-order valence-electron chi connectivity index (χ3n) is 5.11. The fraction of sp³-hybridized carbons (Fsp3) is 0.727. The molecule has 0 aromatic heterocycles. The normalized spacial score (nSPS) is 25.8. The molecule has 3 unspecified atom stereocenters. The monoisotopic (exact) mass is 332 g/mol. The van der Waals surface area contributed by atoms with Gasteiger partial charge in [-0.2, -0.15) is 0 Å². The molecular formula is C22H36O2. The van der Waals surface area contributed by atoms with E-state index in [9.17, 15) is 0 Å². The minimum absolute atomic E-state index is 0.118. The van der Waals surface area contributed by atoms with Gasteiger partial charge in [-0.25, -0.2) is 0 Å². The summed E-state index contributed by atoms with van der Waals surface area (Å²) in [5.41, 5.74) is 5.50. The van der Waals surface area contributed by atoms with Crippen molar-refractivity contribution in [2.24, 2.45) is 10.8 Å². The van der Waals surface area contributed by atoms with Crippen LogP contribution in [0.3, 0.4) is 0 Å². The van der Waals surface area contributed by atoms with Crippen molar-refractivity contribution in [3.05, 3.63) is 34.4 Å². The first-order chi connectivity index (χ1) is 10.9. The van der Waals surface area contributed by atoms with Crippen LogP contribution in [-0.2, 0) is 9.47 Å². The molecule has 1 fully saturated rings. The first-order valence-electron chi connectivity index (χ1n) is 9.25. The molecule has 1 saturated heterocycles. The van der Waals surface area contributed by atoms with Crippen LogP contribution in [0, 0.1) is 31.6 Å². The van der Waals surface area contributed by atoms with Crippen molar-refractivity contribution in [2.75, 3.05) is 0 Å². The quantitative estimate of drug-likeness (QED) is 0.635. The molecule has 0 aliphatic carbocycles. The Kier molecular flexibility index (Phi) is 5.52. The molecule has 0 N–H and O–H groups in total. The van der Waals surface area contributed by atoms with Crippen LogP contribution in [0.25, 0.3) is 0 Å². The van der Waals surface area contributed by atoms with Gasteiger partial charge in [0.2, 0.25) is 0 Å². The van der Waals surface area contributed by atoms with Crippen molar-refractivity contribution < 1.29 is 9.47 Å². The van der Waals surface area contributed by atoms with E-state index in [1.54, 1.807) is 0 Å².